The Kier molecular flexibility index (Phi) is 5.91. The van der Waals surface area contributed by atoms with E-state index < -0.39 is 10.0 Å². The molecule has 0 fully saturated rings. The van der Waals surface area contributed by atoms with Gasteiger partial charge in [-0.05, 0) is 73.5 Å². The Bertz CT molecular complexity index is 1240. The van der Waals surface area contributed by atoms with Crippen molar-refractivity contribution in [2.75, 3.05) is 23.4 Å². The van der Waals surface area contributed by atoms with Gasteiger partial charge in [-0.1, -0.05) is 6.07 Å². The van der Waals surface area contributed by atoms with Gasteiger partial charge in [0.1, 0.15) is 5.75 Å². The molecule has 0 atom stereocenters. The Morgan fingerprint density at radius 2 is 1.59 bits per heavy atom. The number of hydrogen-bond acceptors (Lipinski definition) is 6. The first-order valence-corrected chi connectivity index (χ1v) is 11.3. The van der Waals surface area contributed by atoms with Crippen LogP contribution in [0.3, 0.4) is 0 Å². The molecule has 1 amide bonds. The summed E-state index contributed by atoms with van der Waals surface area (Å²) in [5, 5.41) is 2.71. The molecule has 2 N–H and O–H groups in total. The first-order chi connectivity index (χ1) is 15.3. The van der Waals surface area contributed by atoms with Crippen LogP contribution < -0.4 is 24.2 Å². The minimum atomic E-state index is -3.75. The van der Waals surface area contributed by atoms with E-state index in [1.165, 1.54) is 24.3 Å². The van der Waals surface area contributed by atoms with Crippen molar-refractivity contribution in [2.24, 2.45) is 0 Å². The molecule has 32 heavy (non-hydrogen) atoms. The number of fused-ring (bicyclic) bond motifs is 1. The second kappa shape index (κ2) is 8.80. The first-order valence-electron chi connectivity index (χ1n) is 9.82. The maximum Gasteiger partial charge on any atom is 0.262 e. The average Bonchev–Trinajstić information content (AvgIpc) is 3.19. The van der Waals surface area contributed by atoms with Crippen LogP contribution in [-0.2, 0) is 14.8 Å². The summed E-state index contributed by atoms with van der Waals surface area (Å²) in [6, 6.07) is 16.4. The number of nitrogens with one attached hydrogen (secondary N) is 2. The van der Waals surface area contributed by atoms with Gasteiger partial charge in [-0.15, -0.1) is 0 Å². The fraction of sp³-hybridized carbons (Fsp3) is 0.174. The molecule has 9 heteroatoms. The van der Waals surface area contributed by atoms with E-state index in [0.29, 0.717) is 28.6 Å². The smallest absolute Gasteiger partial charge is 0.262 e. The first kappa shape index (κ1) is 21.5. The highest BCUT2D eigenvalue weighted by molar-refractivity contribution is 7.92. The molecule has 3 aromatic rings. The molecular weight excluding hydrogens is 432 g/mol. The van der Waals surface area contributed by atoms with Crippen LogP contribution in [0.4, 0.5) is 11.4 Å². The lowest BCUT2D eigenvalue weighted by Crippen LogP contribution is -2.20. The van der Waals surface area contributed by atoms with E-state index in [0.717, 1.165) is 11.1 Å². The van der Waals surface area contributed by atoms with E-state index in [2.05, 4.69) is 10.0 Å². The lowest BCUT2D eigenvalue weighted by atomic mass is 10.1. The van der Waals surface area contributed by atoms with Gasteiger partial charge in [0.25, 0.3) is 15.9 Å². The van der Waals surface area contributed by atoms with Gasteiger partial charge >= 0.3 is 0 Å². The van der Waals surface area contributed by atoms with Gasteiger partial charge in [0.05, 0.1) is 4.90 Å². The second-order valence-corrected chi connectivity index (χ2v) is 9.04. The SMILES string of the molecule is Cc1cc(C)cc(NS(=O)(=O)c2ccc(OCC(=O)Nc3ccc4c(c3)OCO4)cc2)c1. The topological polar surface area (TPSA) is 103 Å². The molecule has 4 rings (SSSR count). The fourth-order valence-electron chi connectivity index (χ4n) is 3.28. The van der Waals surface area contributed by atoms with E-state index in [9.17, 15) is 13.2 Å². The lowest BCUT2D eigenvalue weighted by Gasteiger charge is -2.11. The molecule has 0 aliphatic carbocycles. The second-order valence-electron chi connectivity index (χ2n) is 7.36. The van der Waals surface area contributed by atoms with Crippen molar-refractivity contribution in [1.29, 1.82) is 0 Å². The minimum absolute atomic E-state index is 0.0915. The van der Waals surface area contributed by atoms with Crippen molar-refractivity contribution in [3.05, 3.63) is 71.8 Å². The summed E-state index contributed by atoms with van der Waals surface area (Å²) in [5.41, 5.74) is 2.99. The summed E-state index contributed by atoms with van der Waals surface area (Å²) >= 11 is 0. The number of rotatable bonds is 7. The number of sulfonamides is 1. The predicted molar refractivity (Wildman–Crippen MR) is 120 cm³/mol. The molecule has 0 saturated heterocycles. The number of benzene rings is 3. The van der Waals surface area contributed by atoms with Gasteiger partial charge in [-0.25, -0.2) is 8.42 Å². The summed E-state index contributed by atoms with van der Waals surface area (Å²) in [7, 11) is -3.75. The normalized spacial score (nSPS) is 12.3. The van der Waals surface area contributed by atoms with E-state index >= 15 is 0 Å². The van der Waals surface area contributed by atoms with Crippen LogP contribution in [0.25, 0.3) is 0 Å². The van der Waals surface area contributed by atoms with Crippen LogP contribution in [0.15, 0.2) is 65.6 Å². The van der Waals surface area contributed by atoms with Gasteiger partial charge in [-0.2, -0.15) is 0 Å². The average molecular weight is 455 g/mol. The molecule has 0 saturated carbocycles. The van der Waals surface area contributed by atoms with Crippen LogP contribution in [0.5, 0.6) is 17.2 Å². The summed E-state index contributed by atoms with van der Waals surface area (Å²) in [4.78, 5) is 12.2. The Hall–Kier alpha value is -3.72. The maximum atomic E-state index is 12.7. The van der Waals surface area contributed by atoms with E-state index in [4.69, 9.17) is 14.2 Å². The molecule has 166 valence electrons. The zero-order valence-corrected chi connectivity index (χ0v) is 18.4. The number of ether oxygens (including phenoxy) is 3. The number of hydrogen-bond donors (Lipinski definition) is 2. The van der Waals surface area contributed by atoms with Crippen molar-refractivity contribution in [2.45, 2.75) is 18.7 Å². The largest absolute Gasteiger partial charge is 0.484 e. The highest BCUT2D eigenvalue weighted by atomic mass is 32.2. The third kappa shape index (κ3) is 5.12. The molecule has 0 unspecified atom stereocenters. The van der Waals surface area contributed by atoms with Gasteiger partial charge in [0.2, 0.25) is 6.79 Å². The van der Waals surface area contributed by atoms with Crippen LogP contribution in [0, 0.1) is 13.8 Å². The molecule has 0 bridgehead atoms. The summed E-state index contributed by atoms with van der Waals surface area (Å²) in [6.45, 7) is 3.72. The number of amides is 1. The fourth-order valence-corrected chi connectivity index (χ4v) is 4.32. The predicted octanol–water partition coefficient (Wildman–Crippen LogP) is 3.85. The molecule has 0 radical (unpaired) electrons. The van der Waals surface area contributed by atoms with Gasteiger partial charge in [0, 0.05) is 17.4 Å². The van der Waals surface area contributed by atoms with Crippen molar-refractivity contribution < 1.29 is 27.4 Å². The maximum absolute atomic E-state index is 12.7. The molecule has 0 spiro atoms. The molecule has 1 aliphatic rings. The summed E-state index contributed by atoms with van der Waals surface area (Å²) < 4.78 is 43.9. The number of aryl methyl sites for hydroxylation is 2. The summed E-state index contributed by atoms with van der Waals surface area (Å²) in [6.07, 6.45) is 0. The Labute approximate surface area is 186 Å². The van der Waals surface area contributed by atoms with E-state index in [-0.39, 0.29) is 24.2 Å². The quantitative estimate of drug-likeness (QED) is 0.562. The summed E-state index contributed by atoms with van der Waals surface area (Å²) in [5.74, 6) is 1.20. The highest BCUT2D eigenvalue weighted by Crippen LogP contribution is 2.34. The molecule has 1 aliphatic heterocycles. The van der Waals surface area contributed by atoms with Crippen LogP contribution in [0.1, 0.15) is 11.1 Å². The van der Waals surface area contributed by atoms with Crippen LogP contribution in [-0.4, -0.2) is 27.7 Å². The number of carbonyl (C=O) groups excluding carboxylic acids is 1. The van der Waals surface area contributed by atoms with Crippen molar-refractivity contribution in [1.82, 2.24) is 0 Å². The van der Waals surface area contributed by atoms with E-state index in [1.807, 2.05) is 19.9 Å². The Morgan fingerprint density at radius 3 is 2.31 bits per heavy atom. The molecule has 1 heterocycles. The third-order valence-electron chi connectivity index (χ3n) is 4.63. The minimum Gasteiger partial charge on any atom is -0.484 e. The van der Waals surface area contributed by atoms with Gasteiger partial charge in [0.15, 0.2) is 18.1 Å². The Morgan fingerprint density at radius 1 is 0.906 bits per heavy atom. The number of anilines is 2. The van der Waals surface area contributed by atoms with E-state index in [1.54, 1.807) is 30.3 Å². The van der Waals surface area contributed by atoms with Crippen molar-refractivity contribution >= 4 is 27.3 Å². The Balaban J connectivity index is 1.34. The highest BCUT2D eigenvalue weighted by Gasteiger charge is 2.16. The molecule has 8 nitrogen and oxygen atoms in total. The van der Waals surface area contributed by atoms with Crippen LogP contribution >= 0.6 is 0 Å². The van der Waals surface area contributed by atoms with Gasteiger partial charge in [-0.3, -0.25) is 9.52 Å². The van der Waals surface area contributed by atoms with Crippen molar-refractivity contribution in [3.8, 4) is 17.2 Å². The molecular formula is C23H22N2O6S. The monoisotopic (exact) mass is 454 g/mol. The number of carbonyl (C=O) groups is 1. The third-order valence-corrected chi connectivity index (χ3v) is 6.03. The van der Waals surface area contributed by atoms with Crippen molar-refractivity contribution in [3.63, 3.8) is 0 Å². The lowest BCUT2D eigenvalue weighted by molar-refractivity contribution is -0.118. The van der Waals surface area contributed by atoms with Gasteiger partial charge < -0.3 is 19.5 Å². The zero-order valence-electron chi connectivity index (χ0n) is 17.5. The zero-order chi connectivity index (χ0) is 22.7. The van der Waals surface area contributed by atoms with Crippen LogP contribution in [0.2, 0.25) is 0 Å². The standard InChI is InChI=1S/C23H22N2O6S/c1-15-9-16(2)11-18(10-15)25-32(27,28)20-6-4-19(5-7-20)29-13-23(26)24-17-3-8-21-22(12-17)31-14-30-21/h3-12,25H,13-14H2,1-2H3,(H,24,26). The molecule has 3 aromatic carbocycles. The molecule has 0 aromatic heterocycles.